The maximum Gasteiger partial charge on any atom is 0.251 e. The first-order valence-corrected chi connectivity index (χ1v) is 10.7. The van der Waals surface area contributed by atoms with Crippen LogP contribution in [0.25, 0.3) is 0 Å². The van der Waals surface area contributed by atoms with Gasteiger partial charge in [-0.2, -0.15) is 0 Å². The molecule has 1 aliphatic heterocycles. The zero-order chi connectivity index (χ0) is 22.3. The third-order valence-corrected chi connectivity index (χ3v) is 5.44. The van der Waals surface area contributed by atoms with Crippen LogP contribution in [0.15, 0.2) is 84.9 Å². The summed E-state index contributed by atoms with van der Waals surface area (Å²) in [6, 6.07) is 24.9. The van der Waals surface area contributed by atoms with Crippen molar-refractivity contribution in [3.8, 4) is 0 Å². The second-order valence-electron chi connectivity index (χ2n) is 7.77. The van der Waals surface area contributed by atoms with Gasteiger partial charge in [-0.15, -0.1) is 0 Å². The molecule has 0 radical (unpaired) electrons. The van der Waals surface area contributed by atoms with E-state index in [0.29, 0.717) is 30.6 Å². The molecule has 162 valence electrons. The van der Waals surface area contributed by atoms with Crippen LogP contribution >= 0.6 is 0 Å². The molecule has 0 spiro atoms. The van der Waals surface area contributed by atoms with Crippen LogP contribution in [0.1, 0.15) is 28.8 Å². The largest absolute Gasteiger partial charge is 0.340 e. The lowest BCUT2D eigenvalue weighted by atomic mass is 10.0. The van der Waals surface area contributed by atoms with Gasteiger partial charge >= 0.3 is 0 Å². The molecule has 1 fully saturated rings. The number of benzene rings is 3. The first-order valence-electron chi connectivity index (χ1n) is 10.7. The Kier molecular flexibility index (Phi) is 6.60. The Balaban J connectivity index is 1.52. The second-order valence-corrected chi connectivity index (χ2v) is 7.77. The van der Waals surface area contributed by atoms with Gasteiger partial charge in [0.1, 0.15) is 6.04 Å². The van der Waals surface area contributed by atoms with E-state index < -0.39 is 6.04 Å². The average Bonchev–Trinajstić information content (AvgIpc) is 3.26. The SMILES string of the molecule is O=C(N[C@H](Cc1ccccc1)C(=O)Nc1cccc(N2CCCC2=O)c1)c1ccccc1. The van der Waals surface area contributed by atoms with E-state index in [4.69, 9.17) is 0 Å². The number of carbonyl (C=O) groups is 3. The topological polar surface area (TPSA) is 78.5 Å². The molecule has 2 N–H and O–H groups in total. The van der Waals surface area contributed by atoms with Crippen molar-refractivity contribution < 1.29 is 14.4 Å². The summed E-state index contributed by atoms with van der Waals surface area (Å²) < 4.78 is 0. The molecule has 3 aromatic carbocycles. The highest BCUT2D eigenvalue weighted by Crippen LogP contribution is 2.24. The smallest absolute Gasteiger partial charge is 0.251 e. The van der Waals surface area contributed by atoms with E-state index >= 15 is 0 Å². The summed E-state index contributed by atoms with van der Waals surface area (Å²) in [5, 5.41) is 5.77. The molecule has 4 rings (SSSR count). The Hall–Kier alpha value is -3.93. The van der Waals surface area contributed by atoms with Crippen LogP contribution in [0.5, 0.6) is 0 Å². The van der Waals surface area contributed by atoms with Gasteiger partial charge in [0.15, 0.2) is 0 Å². The molecule has 1 aliphatic rings. The van der Waals surface area contributed by atoms with Gasteiger partial charge in [0.05, 0.1) is 0 Å². The number of hydrogen-bond donors (Lipinski definition) is 2. The number of rotatable bonds is 7. The van der Waals surface area contributed by atoms with Crippen LogP contribution in [0.2, 0.25) is 0 Å². The molecule has 32 heavy (non-hydrogen) atoms. The van der Waals surface area contributed by atoms with E-state index in [1.807, 2.05) is 48.5 Å². The normalized spacial score (nSPS) is 14.1. The fourth-order valence-corrected chi connectivity index (χ4v) is 3.79. The predicted molar refractivity (Wildman–Crippen MR) is 125 cm³/mol. The van der Waals surface area contributed by atoms with Crippen molar-refractivity contribution in [1.29, 1.82) is 0 Å². The van der Waals surface area contributed by atoms with Crippen molar-refractivity contribution in [2.45, 2.75) is 25.3 Å². The minimum absolute atomic E-state index is 0.0885. The number of anilines is 2. The summed E-state index contributed by atoms with van der Waals surface area (Å²) in [6.07, 6.45) is 1.73. The van der Waals surface area contributed by atoms with Crippen molar-refractivity contribution in [2.24, 2.45) is 0 Å². The molecule has 0 bridgehead atoms. The molecule has 1 saturated heterocycles. The van der Waals surface area contributed by atoms with Crippen molar-refractivity contribution >= 4 is 29.1 Å². The maximum atomic E-state index is 13.2. The van der Waals surface area contributed by atoms with Crippen LogP contribution in [0.3, 0.4) is 0 Å². The molecular weight excluding hydrogens is 402 g/mol. The quantitative estimate of drug-likeness (QED) is 0.602. The first kappa shape index (κ1) is 21.3. The molecule has 0 aromatic heterocycles. The first-order chi connectivity index (χ1) is 15.6. The highest BCUT2D eigenvalue weighted by atomic mass is 16.2. The summed E-state index contributed by atoms with van der Waals surface area (Å²) in [5.41, 5.74) is 2.78. The molecule has 0 aliphatic carbocycles. The summed E-state index contributed by atoms with van der Waals surface area (Å²) in [4.78, 5) is 39.7. The lowest BCUT2D eigenvalue weighted by Crippen LogP contribution is -2.45. The molecule has 6 heteroatoms. The maximum absolute atomic E-state index is 13.2. The van der Waals surface area contributed by atoms with Crippen molar-refractivity contribution in [3.05, 3.63) is 96.1 Å². The van der Waals surface area contributed by atoms with Gasteiger partial charge in [0, 0.05) is 36.3 Å². The zero-order valence-electron chi connectivity index (χ0n) is 17.7. The van der Waals surface area contributed by atoms with Gasteiger partial charge in [0.25, 0.3) is 5.91 Å². The lowest BCUT2D eigenvalue weighted by Gasteiger charge is -2.20. The minimum atomic E-state index is -0.762. The minimum Gasteiger partial charge on any atom is -0.340 e. The van der Waals surface area contributed by atoms with E-state index in [-0.39, 0.29) is 17.7 Å². The second kappa shape index (κ2) is 9.92. The Bertz CT molecular complexity index is 1100. The monoisotopic (exact) mass is 427 g/mol. The van der Waals surface area contributed by atoms with Crippen LogP contribution < -0.4 is 15.5 Å². The van der Waals surface area contributed by atoms with E-state index in [1.165, 1.54) is 0 Å². The molecule has 1 atom stereocenters. The van der Waals surface area contributed by atoms with E-state index in [0.717, 1.165) is 17.7 Å². The standard InChI is InChI=1S/C26H25N3O3/c30-24-15-8-16-29(24)22-14-7-13-21(18-22)27-26(32)23(17-19-9-3-1-4-10-19)28-25(31)20-11-5-2-6-12-20/h1-7,9-14,18,23H,8,15-17H2,(H,27,32)(H,28,31)/t23-/m1/s1. The van der Waals surface area contributed by atoms with E-state index in [1.54, 1.807) is 41.3 Å². The van der Waals surface area contributed by atoms with Gasteiger partial charge in [-0.1, -0.05) is 54.6 Å². The fourth-order valence-electron chi connectivity index (χ4n) is 3.79. The predicted octanol–water partition coefficient (Wildman–Crippen LogP) is 3.79. The zero-order valence-corrected chi connectivity index (χ0v) is 17.7. The highest BCUT2D eigenvalue weighted by Gasteiger charge is 2.24. The van der Waals surface area contributed by atoms with Crippen molar-refractivity contribution in [2.75, 3.05) is 16.8 Å². The summed E-state index contributed by atoms with van der Waals surface area (Å²) in [6.45, 7) is 0.681. The fraction of sp³-hybridized carbons (Fsp3) is 0.192. The highest BCUT2D eigenvalue weighted by molar-refractivity contribution is 6.02. The number of nitrogens with one attached hydrogen (secondary N) is 2. The molecule has 3 aromatic rings. The van der Waals surface area contributed by atoms with Gasteiger partial charge in [-0.25, -0.2) is 0 Å². The van der Waals surface area contributed by atoms with Crippen molar-refractivity contribution in [3.63, 3.8) is 0 Å². The summed E-state index contributed by atoms with van der Waals surface area (Å²) in [5.74, 6) is -0.535. The summed E-state index contributed by atoms with van der Waals surface area (Å²) >= 11 is 0. The van der Waals surface area contributed by atoms with Gasteiger partial charge in [-0.3, -0.25) is 14.4 Å². The molecular formula is C26H25N3O3. The Labute approximate surface area is 187 Å². The Morgan fingerprint density at radius 1 is 0.906 bits per heavy atom. The van der Waals surface area contributed by atoms with Crippen LogP contribution in [0, 0.1) is 0 Å². The Morgan fingerprint density at radius 2 is 1.62 bits per heavy atom. The summed E-state index contributed by atoms with van der Waals surface area (Å²) in [7, 11) is 0. The third kappa shape index (κ3) is 5.21. The lowest BCUT2D eigenvalue weighted by molar-refractivity contribution is -0.118. The molecule has 0 unspecified atom stereocenters. The van der Waals surface area contributed by atoms with Crippen LogP contribution in [0.4, 0.5) is 11.4 Å². The van der Waals surface area contributed by atoms with Gasteiger partial charge < -0.3 is 15.5 Å². The van der Waals surface area contributed by atoms with Crippen LogP contribution in [-0.4, -0.2) is 30.3 Å². The molecule has 0 saturated carbocycles. The molecule has 6 nitrogen and oxygen atoms in total. The Morgan fingerprint density at radius 3 is 2.31 bits per heavy atom. The number of carbonyl (C=O) groups excluding carboxylic acids is 3. The number of nitrogens with zero attached hydrogens (tertiary/aromatic N) is 1. The molecule has 3 amide bonds. The van der Waals surface area contributed by atoms with Gasteiger partial charge in [-0.05, 0) is 42.3 Å². The van der Waals surface area contributed by atoms with Crippen molar-refractivity contribution in [1.82, 2.24) is 5.32 Å². The number of hydrogen-bond acceptors (Lipinski definition) is 3. The van der Waals surface area contributed by atoms with Gasteiger partial charge in [0.2, 0.25) is 11.8 Å². The van der Waals surface area contributed by atoms with Crippen LogP contribution in [-0.2, 0) is 16.0 Å². The third-order valence-electron chi connectivity index (χ3n) is 5.44. The average molecular weight is 428 g/mol. The van der Waals surface area contributed by atoms with E-state index in [9.17, 15) is 14.4 Å². The number of amides is 3. The van der Waals surface area contributed by atoms with E-state index in [2.05, 4.69) is 10.6 Å². The molecule has 1 heterocycles.